The quantitative estimate of drug-likeness (QED) is 0.367. The summed E-state index contributed by atoms with van der Waals surface area (Å²) >= 11 is 3.38. The summed E-state index contributed by atoms with van der Waals surface area (Å²) in [5.41, 5.74) is -3.39. The van der Waals surface area contributed by atoms with Gasteiger partial charge in [-0.05, 0) is 53.2 Å². The average Bonchev–Trinajstić information content (AvgIpc) is 2.77. The van der Waals surface area contributed by atoms with Gasteiger partial charge in [0, 0.05) is 10.0 Å². The predicted molar refractivity (Wildman–Crippen MR) is 137 cm³/mol. The number of esters is 2. The molecule has 1 N–H and O–H groups in total. The molecule has 2 aromatic carbocycles. The van der Waals surface area contributed by atoms with Crippen molar-refractivity contribution in [1.29, 1.82) is 5.26 Å². The molecule has 0 aliphatic rings. The van der Waals surface area contributed by atoms with E-state index in [1.807, 2.05) is 12.1 Å². The van der Waals surface area contributed by atoms with E-state index in [2.05, 4.69) is 21.2 Å². The van der Waals surface area contributed by atoms with Gasteiger partial charge in [0.2, 0.25) is 5.41 Å². The van der Waals surface area contributed by atoms with Crippen LogP contribution in [-0.2, 0) is 35.8 Å². The third-order valence-electron chi connectivity index (χ3n) is 4.75. The van der Waals surface area contributed by atoms with Crippen LogP contribution in [0.5, 0.6) is 0 Å². The molecule has 8 nitrogen and oxygen atoms in total. The monoisotopic (exact) mass is 558 g/mol. The molecule has 1 amide bonds. The summed E-state index contributed by atoms with van der Waals surface area (Å²) < 4.78 is 16.8. The van der Waals surface area contributed by atoms with Crippen molar-refractivity contribution in [3.8, 4) is 6.07 Å². The first kappa shape index (κ1) is 28.9. The van der Waals surface area contributed by atoms with Gasteiger partial charge in [-0.3, -0.25) is 0 Å². The van der Waals surface area contributed by atoms with Gasteiger partial charge in [-0.15, -0.1) is 0 Å². The standard InChI is InChI=1S/C27H31BrN2O6/c1-25(2,3)35-22(31)21(30-24(33)36-26(4,5)6)27(17-29,19-14-10-11-15-20(19)28)23(32)34-16-18-12-8-7-9-13-18/h7-15,21H,16H2,1-6H3,(H,30,33)/t21-,27-/m0/s1. The maximum Gasteiger partial charge on any atom is 0.408 e. The van der Waals surface area contributed by atoms with Crippen molar-refractivity contribution in [3.05, 3.63) is 70.2 Å². The second-order valence-electron chi connectivity index (χ2n) is 10.1. The molecule has 0 aliphatic carbocycles. The van der Waals surface area contributed by atoms with E-state index in [9.17, 15) is 19.6 Å². The summed E-state index contributed by atoms with van der Waals surface area (Å²) in [6.45, 7) is 9.69. The van der Waals surface area contributed by atoms with E-state index in [1.54, 1.807) is 84.0 Å². The largest absolute Gasteiger partial charge is 0.459 e. The van der Waals surface area contributed by atoms with Gasteiger partial charge in [0.15, 0.2) is 6.04 Å². The number of carbonyl (C=O) groups excluding carboxylic acids is 3. The van der Waals surface area contributed by atoms with Gasteiger partial charge in [0.25, 0.3) is 0 Å². The molecule has 0 aliphatic heterocycles. The smallest absolute Gasteiger partial charge is 0.408 e. The predicted octanol–water partition coefficient (Wildman–Crippen LogP) is 5.19. The number of benzene rings is 2. The highest BCUT2D eigenvalue weighted by molar-refractivity contribution is 9.10. The summed E-state index contributed by atoms with van der Waals surface area (Å²) in [6.07, 6.45) is -0.999. The van der Waals surface area contributed by atoms with Crippen molar-refractivity contribution in [1.82, 2.24) is 5.32 Å². The summed E-state index contributed by atoms with van der Waals surface area (Å²) in [4.78, 5) is 40.0. The topological polar surface area (TPSA) is 115 Å². The highest BCUT2D eigenvalue weighted by Crippen LogP contribution is 2.36. The lowest BCUT2D eigenvalue weighted by molar-refractivity contribution is -0.165. The zero-order chi connectivity index (χ0) is 27.1. The number of ether oxygens (including phenoxy) is 3. The molecule has 0 saturated heterocycles. The van der Waals surface area contributed by atoms with Gasteiger partial charge < -0.3 is 19.5 Å². The first-order valence-corrected chi connectivity index (χ1v) is 12.1. The molecule has 0 radical (unpaired) electrons. The number of nitrogens with one attached hydrogen (secondary N) is 1. The van der Waals surface area contributed by atoms with Crippen molar-refractivity contribution >= 4 is 34.0 Å². The van der Waals surface area contributed by atoms with Crippen LogP contribution in [0.4, 0.5) is 4.79 Å². The molecule has 0 bridgehead atoms. The normalized spacial score (nSPS) is 13.9. The van der Waals surface area contributed by atoms with E-state index in [-0.39, 0.29) is 12.2 Å². The number of alkyl carbamates (subject to hydrolysis) is 1. The second-order valence-corrected chi connectivity index (χ2v) is 10.9. The summed E-state index contributed by atoms with van der Waals surface area (Å²) in [5, 5.41) is 12.9. The van der Waals surface area contributed by atoms with E-state index < -0.39 is 40.7 Å². The van der Waals surface area contributed by atoms with Gasteiger partial charge in [0.1, 0.15) is 17.8 Å². The van der Waals surface area contributed by atoms with Crippen molar-refractivity contribution in [3.63, 3.8) is 0 Å². The van der Waals surface area contributed by atoms with Crippen molar-refractivity contribution < 1.29 is 28.6 Å². The van der Waals surface area contributed by atoms with Crippen LogP contribution < -0.4 is 5.32 Å². The van der Waals surface area contributed by atoms with Gasteiger partial charge in [0.05, 0.1) is 6.07 Å². The van der Waals surface area contributed by atoms with Gasteiger partial charge in [-0.1, -0.05) is 64.5 Å². The van der Waals surface area contributed by atoms with Gasteiger partial charge in [-0.25, -0.2) is 14.4 Å². The third kappa shape index (κ3) is 7.56. The minimum absolute atomic E-state index is 0.123. The first-order chi connectivity index (χ1) is 16.7. The number of hydrogen-bond acceptors (Lipinski definition) is 7. The Bertz CT molecular complexity index is 1130. The van der Waals surface area contributed by atoms with Crippen LogP contribution >= 0.6 is 15.9 Å². The van der Waals surface area contributed by atoms with Crippen LogP contribution in [0.1, 0.15) is 52.7 Å². The molecule has 2 atom stereocenters. The average molecular weight is 559 g/mol. The minimum Gasteiger partial charge on any atom is -0.459 e. The van der Waals surface area contributed by atoms with E-state index in [1.165, 1.54) is 6.07 Å². The van der Waals surface area contributed by atoms with E-state index in [0.29, 0.717) is 10.0 Å². The van der Waals surface area contributed by atoms with Crippen LogP contribution in [-0.4, -0.2) is 35.3 Å². The number of hydrogen-bond donors (Lipinski definition) is 1. The Labute approximate surface area is 220 Å². The summed E-state index contributed by atoms with van der Waals surface area (Å²) in [7, 11) is 0. The fourth-order valence-electron chi connectivity index (χ4n) is 3.30. The zero-order valence-corrected chi connectivity index (χ0v) is 22.8. The molecule has 36 heavy (non-hydrogen) atoms. The molecule has 2 aromatic rings. The Kier molecular flexibility index (Phi) is 9.27. The first-order valence-electron chi connectivity index (χ1n) is 11.3. The Morgan fingerprint density at radius 3 is 2.00 bits per heavy atom. The minimum atomic E-state index is -2.31. The molecule has 192 valence electrons. The lowest BCUT2D eigenvalue weighted by Crippen LogP contribution is -2.60. The fourth-order valence-corrected chi connectivity index (χ4v) is 3.90. The molecule has 0 heterocycles. The van der Waals surface area contributed by atoms with E-state index in [0.717, 1.165) is 0 Å². The molecule has 0 spiro atoms. The number of carbonyl (C=O) groups is 3. The van der Waals surface area contributed by atoms with Crippen LogP contribution in [0.2, 0.25) is 0 Å². The molecular weight excluding hydrogens is 528 g/mol. The molecular formula is C27H31BrN2O6. The Balaban J connectivity index is 2.65. The molecule has 2 rings (SSSR count). The van der Waals surface area contributed by atoms with Gasteiger partial charge in [-0.2, -0.15) is 5.26 Å². The van der Waals surface area contributed by atoms with Crippen LogP contribution in [0.25, 0.3) is 0 Å². The van der Waals surface area contributed by atoms with E-state index >= 15 is 0 Å². The summed E-state index contributed by atoms with van der Waals surface area (Å²) in [5.74, 6) is -2.03. The second kappa shape index (κ2) is 11.6. The number of amides is 1. The summed E-state index contributed by atoms with van der Waals surface area (Å²) in [6, 6.07) is 15.5. The fraction of sp³-hybridized carbons (Fsp3) is 0.407. The highest BCUT2D eigenvalue weighted by Gasteiger charge is 2.56. The number of nitriles is 1. The molecule has 9 heteroatoms. The Morgan fingerprint density at radius 2 is 1.47 bits per heavy atom. The Morgan fingerprint density at radius 1 is 0.917 bits per heavy atom. The Hall–Kier alpha value is -3.38. The van der Waals surface area contributed by atoms with Crippen molar-refractivity contribution in [2.75, 3.05) is 0 Å². The third-order valence-corrected chi connectivity index (χ3v) is 5.44. The molecule has 0 saturated carbocycles. The lowest BCUT2D eigenvalue weighted by Gasteiger charge is -2.35. The van der Waals surface area contributed by atoms with Crippen LogP contribution in [0.15, 0.2) is 59.1 Å². The zero-order valence-electron chi connectivity index (χ0n) is 21.3. The molecule has 0 aromatic heterocycles. The molecule has 0 unspecified atom stereocenters. The maximum atomic E-state index is 13.7. The highest BCUT2D eigenvalue weighted by atomic mass is 79.9. The number of rotatable bonds is 7. The SMILES string of the molecule is CC(C)(C)OC(=O)N[C@@H](C(=O)OC(C)(C)C)[C@@](C#N)(C(=O)OCc1ccccc1)c1ccccc1Br. The van der Waals surface area contributed by atoms with Crippen LogP contribution in [0, 0.1) is 11.3 Å². The number of nitrogens with zero attached hydrogens (tertiary/aromatic N) is 1. The van der Waals surface area contributed by atoms with Crippen molar-refractivity contribution in [2.24, 2.45) is 0 Å². The molecule has 0 fully saturated rings. The van der Waals surface area contributed by atoms with Crippen LogP contribution in [0.3, 0.4) is 0 Å². The van der Waals surface area contributed by atoms with Crippen molar-refractivity contribution in [2.45, 2.75) is 70.8 Å². The van der Waals surface area contributed by atoms with E-state index in [4.69, 9.17) is 14.2 Å². The van der Waals surface area contributed by atoms with Gasteiger partial charge >= 0.3 is 18.0 Å². The number of halogens is 1. The maximum absolute atomic E-state index is 13.7. The lowest BCUT2D eigenvalue weighted by atomic mass is 9.75.